The molecule has 0 bridgehead atoms. The zero-order chi connectivity index (χ0) is 12.7. The molecule has 0 saturated carbocycles. The highest BCUT2D eigenvalue weighted by Gasteiger charge is 2.10. The van der Waals surface area contributed by atoms with Crippen LogP contribution in [0.15, 0.2) is 53.0 Å². The van der Waals surface area contributed by atoms with E-state index >= 15 is 0 Å². The summed E-state index contributed by atoms with van der Waals surface area (Å²) in [6, 6.07) is 8.32. The molecule has 0 aliphatic heterocycles. The minimum Gasteiger partial charge on any atom is -0.380 e. The maximum atomic E-state index is 5.14. The molecule has 0 N–H and O–H groups in total. The topological polar surface area (TPSA) is 9.23 Å². The molecule has 0 radical (unpaired) electrons. The molecule has 1 rings (SSSR count). The zero-order valence-corrected chi connectivity index (χ0v) is 12.0. The molecular weight excluding hydrogens is 276 g/mol. The van der Waals surface area contributed by atoms with E-state index in [2.05, 4.69) is 53.7 Å². The first kappa shape index (κ1) is 14.2. The van der Waals surface area contributed by atoms with Gasteiger partial charge in [0.15, 0.2) is 0 Å². The molecule has 0 aliphatic rings. The van der Waals surface area contributed by atoms with E-state index in [9.17, 15) is 0 Å². The Hall–Kier alpha value is -0.860. The monoisotopic (exact) mass is 294 g/mol. The highest BCUT2D eigenvalue weighted by atomic mass is 79.9. The van der Waals surface area contributed by atoms with Crippen molar-refractivity contribution >= 4 is 15.9 Å². The van der Waals surface area contributed by atoms with Gasteiger partial charge in [0, 0.05) is 17.5 Å². The number of benzene rings is 1. The molecule has 1 aromatic rings. The third-order valence-corrected chi connectivity index (χ3v) is 3.31. The second kappa shape index (κ2) is 7.46. The van der Waals surface area contributed by atoms with E-state index in [1.165, 1.54) is 11.1 Å². The highest BCUT2D eigenvalue weighted by molar-refractivity contribution is 9.10. The van der Waals surface area contributed by atoms with Crippen molar-refractivity contribution in [2.75, 3.05) is 13.7 Å². The van der Waals surface area contributed by atoms with Gasteiger partial charge >= 0.3 is 0 Å². The van der Waals surface area contributed by atoms with Crippen molar-refractivity contribution in [3.8, 4) is 0 Å². The molecule has 0 aromatic heterocycles. The normalized spacial score (nSPS) is 13.5. The Morgan fingerprint density at radius 1 is 1.47 bits per heavy atom. The third-order valence-electron chi connectivity index (χ3n) is 2.58. The lowest BCUT2D eigenvalue weighted by molar-refractivity contribution is 0.225. The van der Waals surface area contributed by atoms with E-state index in [0.29, 0.717) is 12.5 Å². The van der Waals surface area contributed by atoms with Crippen molar-refractivity contribution < 1.29 is 4.74 Å². The summed E-state index contributed by atoms with van der Waals surface area (Å²) in [6.45, 7) is 6.61. The van der Waals surface area contributed by atoms with Crippen LogP contribution in [-0.4, -0.2) is 13.7 Å². The van der Waals surface area contributed by atoms with Crippen LogP contribution in [0.25, 0.3) is 0 Å². The molecule has 0 fully saturated rings. The van der Waals surface area contributed by atoms with Crippen LogP contribution in [0.3, 0.4) is 0 Å². The fraction of sp³-hybridized carbons (Fsp3) is 0.333. The lowest BCUT2D eigenvalue weighted by Crippen LogP contribution is -1.99. The van der Waals surface area contributed by atoms with Gasteiger partial charge in [-0.05, 0) is 25.0 Å². The van der Waals surface area contributed by atoms with Gasteiger partial charge in [0.1, 0.15) is 0 Å². The van der Waals surface area contributed by atoms with E-state index in [0.717, 1.165) is 10.9 Å². The van der Waals surface area contributed by atoms with Gasteiger partial charge in [-0.15, -0.1) is 6.58 Å². The second-order valence-corrected chi connectivity index (χ2v) is 4.95. The summed E-state index contributed by atoms with van der Waals surface area (Å²) >= 11 is 3.60. The lowest BCUT2D eigenvalue weighted by Gasteiger charge is -2.14. The van der Waals surface area contributed by atoms with Gasteiger partial charge in [0.2, 0.25) is 0 Å². The van der Waals surface area contributed by atoms with E-state index in [-0.39, 0.29) is 0 Å². The number of allylic oxidation sites excluding steroid dienone is 2. The summed E-state index contributed by atoms with van der Waals surface area (Å²) in [7, 11) is 1.72. The maximum absolute atomic E-state index is 5.14. The Balaban J connectivity index is 2.97. The van der Waals surface area contributed by atoms with Gasteiger partial charge in [0.05, 0.1) is 6.61 Å². The van der Waals surface area contributed by atoms with Crippen molar-refractivity contribution in [3.05, 3.63) is 58.6 Å². The molecule has 17 heavy (non-hydrogen) atoms. The van der Waals surface area contributed by atoms with Gasteiger partial charge in [-0.3, -0.25) is 0 Å². The van der Waals surface area contributed by atoms with Crippen LogP contribution in [0.4, 0.5) is 0 Å². The summed E-state index contributed by atoms with van der Waals surface area (Å²) < 4.78 is 6.29. The fourth-order valence-electron chi connectivity index (χ4n) is 1.86. The largest absolute Gasteiger partial charge is 0.380 e. The Kier molecular flexibility index (Phi) is 6.23. The average Bonchev–Trinajstić information content (AvgIpc) is 2.29. The summed E-state index contributed by atoms with van der Waals surface area (Å²) in [5.74, 6) is 0.359. The first-order valence-corrected chi connectivity index (χ1v) is 6.50. The standard InChI is InChI=1S/C15H19BrO/c1-4-7-13(10-12(2)11-17-3)14-8-5-6-9-15(14)16/h4-6,8-10,13H,1,7,11H2,2-3H3/b12-10+. The van der Waals surface area contributed by atoms with E-state index in [1.54, 1.807) is 7.11 Å². The Bertz CT molecular complexity index is 396. The SMILES string of the molecule is C=CCC(/C=C(\C)COC)c1ccccc1Br. The summed E-state index contributed by atoms with van der Waals surface area (Å²) in [5, 5.41) is 0. The van der Waals surface area contributed by atoms with Crippen molar-refractivity contribution in [1.29, 1.82) is 0 Å². The van der Waals surface area contributed by atoms with Crippen LogP contribution in [-0.2, 0) is 4.74 Å². The molecular formula is C15H19BrO. The molecule has 92 valence electrons. The van der Waals surface area contributed by atoms with Crippen molar-refractivity contribution in [3.63, 3.8) is 0 Å². The smallest absolute Gasteiger partial charge is 0.0670 e. The predicted molar refractivity (Wildman–Crippen MR) is 77.3 cm³/mol. The Morgan fingerprint density at radius 3 is 2.76 bits per heavy atom. The number of hydrogen-bond acceptors (Lipinski definition) is 1. The van der Waals surface area contributed by atoms with Crippen LogP contribution in [0.2, 0.25) is 0 Å². The molecule has 0 saturated heterocycles. The first-order chi connectivity index (χ1) is 8.19. The molecule has 1 nitrogen and oxygen atoms in total. The molecule has 0 aliphatic carbocycles. The molecule has 1 atom stereocenters. The molecule has 0 heterocycles. The van der Waals surface area contributed by atoms with Gasteiger partial charge in [-0.1, -0.05) is 51.9 Å². The summed E-state index contributed by atoms with van der Waals surface area (Å²) in [4.78, 5) is 0. The lowest BCUT2D eigenvalue weighted by atomic mass is 9.94. The first-order valence-electron chi connectivity index (χ1n) is 5.70. The van der Waals surface area contributed by atoms with Crippen molar-refractivity contribution in [2.45, 2.75) is 19.3 Å². The predicted octanol–water partition coefficient (Wildman–Crippen LogP) is 4.70. The summed E-state index contributed by atoms with van der Waals surface area (Å²) in [5.41, 5.74) is 2.54. The highest BCUT2D eigenvalue weighted by Crippen LogP contribution is 2.29. The van der Waals surface area contributed by atoms with Crippen LogP contribution in [0.1, 0.15) is 24.8 Å². The average molecular weight is 295 g/mol. The van der Waals surface area contributed by atoms with Crippen molar-refractivity contribution in [1.82, 2.24) is 0 Å². The quantitative estimate of drug-likeness (QED) is 0.691. The van der Waals surface area contributed by atoms with Crippen LogP contribution < -0.4 is 0 Å². The molecule has 2 heteroatoms. The van der Waals surface area contributed by atoms with Gasteiger partial charge in [0.25, 0.3) is 0 Å². The van der Waals surface area contributed by atoms with Crippen LogP contribution in [0, 0.1) is 0 Å². The van der Waals surface area contributed by atoms with Gasteiger partial charge < -0.3 is 4.74 Å². The van der Waals surface area contributed by atoms with E-state index in [4.69, 9.17) is 4.74 Å². The van der Waals surface area contributed by atoms with E-state index < -0.39 is 0 Å². The number of hydrogen-bond donors (Lipinski definition) is 0. The number of rotatable bonds is 6. The Morgan fingerprint density at radius 2 is 2.18 bits per heavy atom. The fourth-order valence-corrected chi connectivity index (χ4v) is 2.44. The minimum absolute atomic E-state index is 0.359. The zero-order valence-electron chi connectivity index (χ0n) is 10.4. The maximum Gasteiger partial charge on any atom is 0.0670 e. The second-order valence-electron chi connectivity index (χ2n) is 4.10. The minimum atomic E-state index is 0.359. The van der Waals surface area contributed by atoms with Crippen molar-refractivity contribution in [2.24, 2.45) is 0 Å². The molecule has 1 unspecified atom stereocenters. The molecule has 1 aromatic carbocycles. The van der Waals surface area contributed by atoms with Gasteiger partial charge in [-0.25, -0.2) is 0 Å². The Labute approximate surface area is 112 Å². The number of ether oxygens (including phenoxy) is 1. The molecule has 0 amide bonds. The van der Waals surface area contributed by atoms with Crippen LogP contribution >= 0.6 is 15.9 Å². The number of halogens is 1. The summed E-state index contributed by atoms with van der Waals surface area (Å²) in [6.07, 6.45) is 5.15. The molecule has 0 spiro atoms. The number of methoxy groups -OCH3 is 1. The third kappa shape index (κ3) is 4.49. The van der Waals surface area contributed by atoms with E-state index in [1.807, 2.05) is 12.1 Å². The van der Waals surface area contributed by atoms with Crippen LogP contribution in [0.5, 0.6) is 0 Å². The van der Waals surface area contributed by atoms with Gasteiger partial charge in [-0.2, -0.15) is 0 Å².